The average Bonchev–Trinajstić information content (AvgIpc) is 3.09. The van der Waals surface area contributed by atoms with E-state index in [9.17, 15) is 4.79 Å². The number of fused-ring (bicyclic) bond motifs is 1. The quantitative estimate of drug-likeness (QED) is 0.820. The minimum absolute atomic E-state index is 0.199. The van der Waals surface area contributed by atoms with Crippen LogP contribution in [0.1, 0.15) is 63.8 Å². The number of amides is 1. The Kier molecular flexibility index (Phi) is 4.17. The first kappa shape index (κ1) is 14.9. The van der Waals surface area contributed by atoms with Gasteiger partial charge >= 0.3 is 0 Å². The van der Waals surface area contributed by atoms with E-state index in [2.05, 4.69) is 28.1 Å². The number of pyridine rings is 1. The van der Waals surface area contributed by atoms with Gasteiger partial charge in [-0.2, -0.15) is 0 Å². The van der Waals surface area contributed by atoms with Crippen LogP contribution in [0.4, 0.5) is 0 Å². The summed E-state index contributed by atoms with van der Waals surface area (Å²) in [4.78, 5) is 21.8. The first-order valence-corrected chi connectivity index (χ1v) is 9.47. The van der Waals surface area contributed by atoms with Crippen LogP contribution in [0.25, 0.3) is 0 Å². The van der Waals surface area contributed by atoms with Crippen LogP contribution in [-0.2, 0) is 12.8 Å². The van der Waals surface area contributed by atoms with Gasteiger partial charge in [0.2, 0.25) is 0 Å². The van der Waals surface area contributed by atoms with E-state index >= 15 is 0 Å². The molecule has 0 N–H and O–H groups in total. The Morgan fingerprint density at radius 2 is 2.00 bits per heavy atom. The van der Waals surface area contributed by atoms with E-state index < -0.39 is 0 Å². The van der Waals surface area contributed by atoms with Gasteiger partial charge < -0.3 is 4.90 Å². The van der Waals surface area contributed by atoms with E-state index in [1.807, 2.05) is 12.4 Å². The number of carbonyl (C=O) groups excluding carboxylic acids is 1. The smallest absolute Gasteiger partial charge is 0.264 e. The molecule has 0 saturated carbocycles. The van der Waals surface area contributed by atoms with Gasteiger partial charge in [-0.05, 0) is 61.4 Å². The Hall–Kier alpha value is -1.68. The fourth-order valence-corrected chi connectivity index (χ4v) is 5.07. The monoisotopic (exact) mass is 326 g/mol. The number of hydrogen-bond acceptors (Lipinski definition) is 3. The number of thiophene rings is 1. The van der Waals surface area contributed by atoms with Crippen molar-refractivity contribution in [1.82, 2.24) is 9.88 Å². The molecule has 1 fully saturated rings. The SMILES string of the molecule is O=C(c1cc2c(s1)CCC2)N1CCCCC[C@@H]1c1ccncc1. The molecule has 23 heavy (non-hydrogen) atoms. The van der Waals surface area contributed by atoms with Gasteiger partial charge in [0.25, 0.3) is 5.91 Å². The van der Waals surface area contributed by atoms with Gasteiger partial charge in [0.15, 0.2) is 0 Å². The molecule has 3 nitrogen and oxygen atoms in total. The van der Waals surface area contributed by atoms with Crippen molar-refractivity contribution < 1.29 is 4.79 Å². The number of hydrogen-bond donors (Lipinski definition) is 0. The molecule has 1 aliphatic carbocycles. The molecular weight excluding hydrogens is 304 g/mol. The highest BCUT2D eigenvalue weighted by Crippen LogP contribution is 2.35. The molecule has 0 bridgehead atoms. The predicted octanol–water partition coefficient (Wildman–Crippen LogP) is 4.39. The molecule has 2 aromatic heterocycles. The summed E-state index contributed by atoms with van der Waals surface area (Å²) in [5.74, 6) is 0.230. The highest BCUT2D eigenvalue weighted by Gasteiger charge is 2.29. The predicted molar refractivity (Wildman–Crippen MR) is 92.8 cm³/mol. The van der Waals surface area contributed by atoms with Gasteiger partial charge in [0.1, 0.15) is 0 Å². The van der Waals surface area contributed by atoms with Crippen molar-refractivity contribution in [3.05, 3.63) is 51.5 Å². The summed E-state index contributed by atoms with van der Waals surface area (Å²) < 4.78 is 0. The standard InChI is InChI=1S/C19H22N2OS/c22-19(18-13-15-5-4-7-17(15)23-18)21-12-3-1-2-6-16(21)14-8-10-20-11-9-14/h8-11,13,16H,1-7,12H2/t16-/m1/s1. The second kappa shape index (κ2) is 6.44. The number of likely N-dealkylation sites (tertiary alicyclic amines) is 1. The summed E-state index contributed by atoms with van der Waals surface area (Å²) in [5, 5.41) is 0. The summed E-state index contributed by atoms with van der Waals surface area (Å²) in [6.07, 6.45) is 11.8. The molecule has 4 heteroatoms. The second-order valence-corrected chi connectivity index (χ2v) is 7.69. The van der Waals surface area contributed by atoms with Crippen LogP contribution in [-0.4, -0.2) is 22.3 Å². The van der Waals surface area contributed by atoms with Crippen LogP contribution in [0.15, 0.2) is 30.6 Å². The highest BCUT2D eigenvalue weighted by molar-refractivity contribution is 7.14. The van der Waals surface area contributed by atoms with Gasteiger partial charge in [-0.3, -0.25) is 9.78 Å². The maximum Gasteiger partial charge on any atom is 0.264 e. The number of rotatable bonds is 2. The lowest BCUT2D eigenvalue weighted by Gasteiger charge is -2.30. The first-order chi connectivity index (χ1) is 11.3. The van der Waals surface area contributed by atoms with Crippen molar-refractivity contribution in [2.75, 3.05) is 6.54 Å². The largest absolute Gasteiger partial charge is 0.331 e. The van der Waals surface area contributed by atoms with Gasteiger partial charge in [-0.15, -0.1) is 11.3 Å². The summed E-state index contributed by atoms with van der Waals surface area (Å²) in [5.41, 5.74) is 2.63. The lowest BCUT2D eigenvalue weighted by molar-refractivity contribution is 0.0686. The van der Waals surface area contributed by atoms with Crippen LogP contribution < -0.4 is 0 Å². The minimum Gasteiger partial charge on any atom is -0.331 e. The van der Waals surface area contributed by atoms with Crippen molar-refractivity contribution in [3.63, 3.8) is 0 Å². The summed E-state index contributed by atoms with van der Waals surface area (Å²) in [6, 6.07) is 6.48. The fraction of sp³-hybridized carbons (Fsp3) is 0.474. The third kappa shape index (κ3) is 2.92. The lowest BCUT2D eigenvalue weighted by Crippen LogP contribution is -2.34. The van der Waals surface area contributed by atoms with Crippen LogP contribution in [0.5, 0.6) is 0 Å². The Bertz CT molecular complexity index is 673. The third-order valence-corrected chi connectivity index (χ3v) is 6.29. The lowest BCUT2D eigenvalue weighted by atomic mass is 10.0. The normalized spacial score (nSPS) is 21.0. The van der Waals surface area contributed by atoms with Gasteiger partial charge in [-0.25, -0.2) is 0 Å². The molecule has 0 unspecified atom stereocenters. The highest BCUT2D eigenvalue weighted by atomic mass is 32.1. The van der Waals surface area contributed by atoms with Crippen LogP contribution in [0.3, 0.4) is 0 Å². The van der Waals surface area contributed by atoms with E-state index in [0.29, 0.717) is 0 Å². The summed E-state index contributed by atoms with van der Waals surface area (Å²) in [7, 11) is 0. The number of aryl methyl sites for hydroxylation is 2. The number of aromatic nitrogens is 1. The van der Waals surface area contributed by atoms with Gasteiger partial charge in [-0.1, -0.05) is 12.8 Å². The zero-order valence-corrected chi connectivity index (χ0v) is 14.1. The Morgan fingerprint density at radius 3 is 2.83 bits per heavy atom. The minimum atomic E-state index is 0.199. The van der Waals surface area contributed by atoms with Crippen molar-refractivity contribution in [2.45, 2.75) is 51.0 Å². The first-order valence-electron chi connectivity index (χ1n) is 8.65. The van der Waals surface area contributed by atoms with E-state index in [4.69, 9.17) is 0 Å². The molecule has 0 radical (unpaired) electrons. The molecule has 2 aliphatic rings. The summed E-state index contributed by atoms with van der Waals surface area (Å²) in [6.45, 7) is 0.869. The Balaban J connectivity index is 1.64. The van der Waals surface area contributed by atoms with Crippen molar-refractivity contribution >= 4 is 17.2 Å². The molecular formula is C19H22N2OS. The van der Waals surface area contributed by atoms with Crippen LogP contribution >= 0.6 is 11.3 Å². The summed E-state index contributed by atoms with van der Waals surface area (Å²) >= 11 is 1.72. The van der Waals surface area contributed by atoms with E-state index in [-0.39, 0.29) is 11.9 Å². The zero-order valence-electron chi connectivity index (χ0n) is 13.3. The van der Waals surface area contributed by atoms with E-state index in [1.54, 1.807) is 11.3 Å². The number of carbonyl (C=O) groups is 1. The molecule has 3 heterocycles. The topological polar surface area (TPSA) is 33.2 Å². The Morgan fingerprint density at radius 1 is 1.13 bits per heavy atom. The molecule has 0 aromatic carbocycles. The van der Waals surface area contributed by atoms with Gasteiger partial charge in [0.05, 0.1) is 10.9 Å². The molecule has 1 aliphatic heterocycles. The molecule has 1 atom stereocenters. The molecule has 1 amide bonds. The molecule has 0 spiro atoms. The van der Waals surface area contributed by atoms with Gasteiger partial charge in [0, 0.05) is 23.8 Å². The van der Waals surface area contributed by atoms with Crippen molar-refractivity contribution in [3.8, 4) is 0 Å². The van der Waals surface area contributed by atoms with E-state index in [1.165, 1.54) is 35.3 Å². The molecule has 120 valence electrons. The van der Waals surface area contributed by atoms with Crippen LogP contribution in [0, 0.1) is 0 Å². The molecule has 2 aromatic rings. The average molecular weight is 326 g/mol. The fourth-order valence-electron chi connectivity index (χ4n) is 3.86. The third-order valence-electron chi connectivity index (χ3n) is 5.06. The second-order valence-electron chi connectivity index (χ2n) is 6.56. The van der Waals surface area contributed by atoms with Crippen molar-refractivity contribution in [2.24, 2.45) is 0 Å². The zero-order chi connectivity index (χ0) is 15.6. The van der Waals surface area contributed by atoms with E-state index in [0.717, 1.165) is 37.1 Å². The van der Waals surface area contributed by atoms with Crippen molar-refractivity contribution in [1.29, 1.82) is 0 Å². The Labute approximate surface area is 141 Å². The molecule has 4 rings (SSSR count). The molecule has 1 saturated heterocycles. The van der Waals surface area contributed by atoms with Crippen LogP contribution in [0.2, 0.25) is 0 Å². The maximum absolute atomic E-state index is 13.2. The maximum atomic E-state index is 13.2. The number of nitrogens with zero attached hydrogens (tertiary/aromatic N) is 2.